The number of benzene rings is 8. The second kappa shape index (κ2) is 11.2. The second-order valence-electron chi connectivity index (χ2n) is 12.5. The van der Waals surface area contributed by atoms with Crippen molar-refractivity contribution in [3.63, 3.8) is 0 Å². The van der Waals surface area contributed by atoms with Crippen molar-refractivity contribution in [2.75, 3.05) is 4.90 Å². The molecule has 1 aliphatic rings. The molecule has 0 unspecified atom stereocenters. The summed E-state index contributed by atoms with van der Waals surface area (Å²) in [5.41, 5.74) is 10.4. The molecular weight excluding hydrogens is 615 g/mol. The number of para-hydroxylation sites is 1. The molecule has 0 N–H and O–H groups in total. The zero-order valence-electron chi connectivity index (χ0n) is 26.5. The highest BCUT2D eigenvalue weighted by Crippen LogP contribution is 2.51. The van der Waals surface area contributed by atoms with Gasteiger partial charge in [-0.2, -0.15) is 0 Å². The van der Waals surface area contributed by atoms with Gasteiger partial charge in [0.15, 0.2) is 0 Å². The molecule has 10 rings (SSSR count). The van der Waals surface area contributed by atoms with E-state index in [2.05, 4.69) is 181 Å². The van der Waals surface area contributed by atoms with Crippen molar-refractivity contribution in [1.82, 2.24) is 0 Å². The van der Waals surface area contributed by atoms with Crippen LogP contribution in [0.5, 0.6) is 11.5 Å². The van der Waals surface area contributed by atoms with E-state index in [4.69, 9.17) is 4.74 Å². The quantitative estimate of drug-likeness (QED) is 0.185. The van der Waals surface area contributed by atoms with Crippen LogP contribution in [-0.2, 0) is 0 Å². The zero-order valence-corrected chi connectivity index (χ0v) is 27.3. The Balaban J connectivity index is 1.09. The van der Waals surface area contributed by atoms with Gasteiger partial charge in [-0.1, -0.05) is 115 Å². The lowest BCUT2D eigenvalue weighted by molar-refractivity contribution is 0.487. The Bertz CT molecular complexity index is 2690. The largest absolute Gasteiger partial charge is 0.456 e. The molecule has 8 aromatic carbocycles. The lowest BCUT2D eigenvalue weighted by Crippen LogP contribution is -2.10. The van der Waals surface area contributed by atoms with Crippen molar-refractivity contribution in [2.45, 2.75) is 0 Å². The number of fused-ring (bicyclic) bond motifs is 5. The summed E-state index contributed by atoms with van der Waals surface area (Å²) < 4.78 is 9.37. The smallest absolute Gasteiger partial charge is 0.137 e. The van der Waals surface area contributed by atoms with Crippen LogP contribution in [-0.4, -0.2) is 0 Å². The number of ether oxygens (including phenoxy) is 1. The highest BCUT2D eigenvalue weighted by Gasteiger charge is 2.24. The monoisotopic (exact) mass is 643 g/mol. The lowest BCUT2D eigenvalue weighted by atomic mass is 9.89. The van der Waals surface area contributed by atoms with Gasteiger partial charge in [0.25, 0.3) is 0 Å². The topological polar surface area (TPSA) is 12.5 Å². The van der Waals surface area contributed by atoms with Crippen molar-refractivity contribution in [3.05, 3.63) is 176 Å². The molecule has 0 bridgehead atoms. The molecule has 0 radical (unpaired) electrons. The fourth-order valence-electron chi connectivity index (χ4n) is 7.39. The molecule has 0 spiro atoms. The van der Waals surface area contributed by atoms with E-state index in [1.165, 1.54) is 53.4 Å². The normalized spacial score (nSPS) is 11.8. The number of rotatable bonds is 5. The van der Waals surface area contributed by atoms with E-state index >= 15 is 0 Å². The molecule has 0 atom stereocenters. The minimum atomic E-state index is 0.861. The van der Waals surface area contributed by atoms with Crippen molar-refractivity contribution in [3.8, 4) is 44.9 Å². The van der Waals surface area contributed by atoms with Crippen LogP contribution in [0.3, 0.4) is 0 Å². The van der Waals surface area contributed by atoms with Crippen LogP contribution in [0, 0.1) is 0 Å². The van der Waals surface area contributed by atoms with Crippen LogP contribution >= 0.6 is 11.3 Å². The van der Waals surface area contributed by atoms with E-state index in [9.17, 15) is 0 Å². The number of hydrogen-bond acceptors (Lipinski definition) is 3. The molecule has 2 heterocycles. The van der Waals surface area contributed by atoms with E-state index in [1.54, 1.807) is 0 Å². The van der Waals surface area contributed by atoms with Gasteiger partial charge in [-0.25, -0.2) is 0 Å². The van der Waals surface area contributed by atoms with Crippen molar-refractivity contribution in [1.29, 1.82) is 0 Å². The predicted molar refractivity (Wildman–Crippen MR) is 208 cm³/mol. The van der Waals surface area contributed by atoms with Crippen LogP contribution < -0.4 is 9.64 Å². The summed E-state index contributed by atoms with van der Waals surface area (Å²) >= 11 is 1.84. The van der Waals surface area contributed by atoms with Gasteiger partial charge in [0.05, 0.1) is 0 Å². The average molecular weight is 644 g/mol. The summed E-state index contributed by atoms with van der Waals surface area (Å²) in [6, 6.07) is 63.0. The first-order chi connectivity index (χ1) is 24.3. The fraction of sp³-hybridized carbons (Fsp3) is 0. The van der Waals surface area contributed by atoms with Crippen molar-refractivity contribution < 1.29 is 4.74 Å². The maximum atomic E-state index is 6.78. The molecule has 230 valence electrons. The molecule has 49 heavy (non-hydrogen) atoms. The van der Waals surface area contributed by atoms with Gasteiger partial charge >= 0.3 is 0 Å². The Morgan fingerprint density at radius 1 is 0.367 bits per heavy atom. The highest BCUT2D eigenvalue weighted by molar-refractivity contribution is 7.25. The predicted octanol–water partition coefficient (Wildman–Crippen LogP) is 13.8. The Kier molecular flexibility index (Phi) is 6.39. The molecule has 1 aliphatic heterocycles. The molecular formula is C46H29NOS. The first-order valence-corrected chi connectivity index (χ1v) is 17.4. The summed E-state index contributed by atoms with van der Waals surface area (Å²) in [5.74, 6) is 1.75. The molecule has 0 aliphatic carbocycles. The SMILES string of the molecule is c1ccc(-c2cccc(-c3ccc4c5c(cccc35)-c3ccc(N(c5ccccc5)c5ccc6c(c5)sc5ccccc56)cc3O4)c2)cc1. The van der Waals surface area contributed by atoms with E-state index in [1.807, 2.05) is 11.3 Å². The minimum absolute atomic E-state index is 0.861. The van der Waals surface area contributed by atoms with Crippen LogP contribution in [0.4, 0.5) is 17.1 Å². The van der Waals surface area contributed by atoms with Gasteiger partial charge < -0.3 is 9.64 Å². The summed E-state index contributed by atoms with van der Waals surface area (Å²) in [6.07, 6.45) is 0. The molecule has 0 saturated carbocycles. The highest BCUT2D eigenvalue weighted by atomic mass is 32.1. The number of nitrogens with zero attached hydrogens (tertiary/aromatic N) is 1. The molecule has 0 fully saturated rings. The van der Waals surface area contributed by atoms with E-state index in [-0.39, 0.29) is 0 Å². The summed E-state index contributed by atoms with van der Waals surface area (Å²) in [5, 5.41) is 4.95. The summed E-state index contributed by atoms with van der Waals surface area (Å²) in [7, 11) is 0. The zero-order chi connectivity index (χ0) is 32.3. The average Bonchev–Trinajstić information content (AvgIpc) is 3.54. The Labute approximate surface area is 288 Å². The van der Waals surface area contributed by atoms with Crippen LogP contribution in [0.1, 0.15) is 0 Å². The molecule has 3 heteroatoms. The van der Waals surface area contributed by atoms with E-state index in [0.717, 1.165) is 39.5 Å². The second-order valence-corrected chi connectivity index (χ2v) is 13.6. The third kappa shape index (κ3) is 4.62. The van der Waals surface area contributed by atoms with Gasteiger partial charge in [-0.3, -0.25) is 0 Å². The first-order valence-electron chi connectivity index (χ1n) is 16.6. The number of hydrogen-bond donors (Lipinski definition) is 0. The number of thiophene rings is 1. The Morgan fingerprint density at radius 2 is 1.04 bits per heavy atom. The first kappa shape index (κ1) is 27.9. The summed E-state index contributed by atoms with van der Waals surface area (Å²) in [6.45, 7) is 0. The van der Waals surface area contributed by atoms with Gasteiger partial charge in [0, 0.05) is 54.3 Å². The van der Waals surface area contributed by atoms with Crippen molar-refractivity contribution >= 4 is 59.3 Å². The molecule has 9 aromatic rings. The fourth-order valence-corrected chi connectivity index (χ4v) is 8.53. The maximum Gasteiger partial charge on any atom is 0.137 e. The Morgan fingerprint density at radius 3 is 1.94 bits per heavy atom. The standard InChI is InChI=1S/C46H29NOS/c1-3-11-30(12-4-1)31-13-9-14-32(27-31)36-25-26-42-46-40(36)18-10-19-41(46)37-23-21-34(28-43(37)48-42)47(33-15-5-2-6-16-33)35-22-24-39-38-17-7-8-20-44(38)49-45(39)29-35/h1-29H. The third-order valence-electron chi connectivity index (χ3n) is 9.65. The lowest BCUT2D eigenvalue weighted by Gasteiger charge is -2.28. The maximum absolute atomic E-state index is 6.78. The van der Waals surface area contributed by atoms with E-state index < -0.39 is 0 Å². The van der Waals surface area contributed by atoms with Gasteiger partial charge in [-0.05, 0) is 87.8 Å². The van der Waals surface area contributed by atoms with Gasteiger partial charge in [0.1, 0.15) is 11.5 Å². The van der Waals surface area contributed by atoms with Crippen LogP contribution in [0.15, 0.2) is 176 Å². The number of anilines is 3. The van der Waals surface area contributed by atoms with Gasteiger partial charge in [-0.15, -0.1) is 11.3 Å². The molecule has 0 amide bonds. The third-order valence-corrected chi connectivity index (χ3v) is 10.8. The molecule has 2 nitrogen and oxygen atoms in total. The van der Waals surface area contributed by atoms with Crippen molar-refractivity contribution in [2.24, 2.45) is 0 Å². The van der Waals surface area contributed by atoms with Crippen LogP contribution in [0.25, 0.3) is 64.3 Å². The van der Waals surface area contributed by atoms with Crippen LogP contribution in [0.2, 0.25) is 0 Å². The van der Waals surface area contributed by atoms with E-state index in [0.29, 0.717) is 0 Å². The summed E-state index contributed by atoms with van der Waals surface area (Å²) in [4.78, 5) is 2.33. The molecule has 0 saturated heterocycles. The minimum Gasteiger partial charge on any atom is -0.456 e. The van der Waals surface area contributed by atoms with Gasteiger partial charge in [0.2, 0.25) is 0 Å². The Hall–Kier alpha value is -6.16. The molecule has 1 aromatic heterocycles.